The van der Waals surface area contributed by atoms with E-state index in [1.807, 2.05) is 0 Å². The topological polar surface area (TPSA) is 414 Å². The third-order valence-electron chi connectivity index (χ3n) is 13.5. The van der Waals surface area contributed by atoms with Gasteiger partial charge < -0.3 is 79.3 Å². The summed E-state index contributed by atoms with van der Waals surface area (Å²) in [5.74, 6) is -7.20. The maximum atomic E-state index is 14.1. The minimum atomic E-state index is -1.59. The Morgan fingerprint density at radius 3 is 1.58 bits per heavy atom. The first-order chi connectivity index (χ1) is 36.4. The van der Waals surface area contributed by atoms with Gasteiger partial charge in [0, 0.05) is 45.6 Å². The molecule has 3 saturated heterocycles. The van der Waals surface area contributed by atoms with Crippen molar-refractivity contribution in [3.05, 3.63) is 71.8 Å². The van der Waals surface area contributed by atoms with Gasteiger partial charge in [0.25, 0.3) is 0 Å². The van der Waals surface area contributed by atoms with Crippen molar-refractivity contribution in [1.82, 2.24) is 51.9 Å². The second kappa shape index (κ2) is 29.3. The van der Waals surface area contributed by atoms with Crippen molar-refractivity contribution in [3.63, 3.8) is 0 Å². The fraction of sp³-hybridized carbons (Fsp3) is 0.540. The van der Waals surface area contributed by atoms with Crippen molar-refractivity contribution in [2.75, 3.05) is 45.9 Å². The Balaban J connectivity index is 1.20. The average Bonchev–Trinajstić information content (AvgIpc) is 4.22. The van der Waals surface area contributed by atoms with Crippen molar-refractivity contribution in [2.45, 2.75) is 125 Å². The van der Waals surface area contributed by atoms with Crippen molar-refractivity contribution in [1.29, 1.82) is 10.8 Å². The minimum Gasteiger partial charge on any atom is -0.480 e. The first-order valence-electron chi connectivity index (χ1n) is 25.6. The number of likely N-dealkylation sites (tertiary alicyclic amines) is 3. The highest BCUT2D eigenvalue weighted by atomic mass is 16.4. The number of nitrogens with zero attached hydrogens (tertiary/aromatic N) is 3. The van der Waals surface area contributed by atoms with E-state index in [2.05, 4.69) is 37.2 Å². The van der Waals surface area contributed by atoms with Crippen molar-refractivity contribution in [2.24, 2.45) is 17.2 Å². The summed E-state index contributed by atoms with van der Waals surface area (Å²) >= 11 is 0. The molecule has 414 valence electrons. The van der Waals surface area contributed by atoms with Crippen molar-refractivity contribution < 1.29 is 53.4 Å². The number of guanidine groups is 2. The second-order valence-corrected chi connectivity index (χ2v) is 19.1. The van der Waals surface area contributed by atoms with E-state index in [4.69, 9.17) is 28.0 Å². The molecule has 0 saturated carbocycles. The monoisotopic (exact) mass is 1060 g/mol. The fourth-order valence-corrected chi connectivity index (χ4v) is 9.60. The van der Waals surface area contributed by atoms with Gasteiger partial charge in [-0.05, 0) is 75.3 Å². The fourth-order valence-electron chi connectivity index (χ4n) is 9.60. The number of aliphatic carboxylic acids is 1. The Morgan fingerprint density at radius 2 is 1.05 bits per heavy atom. The molecule has 17 N–H and O–H groups in total. The number of carboxylic acid groups (broad SMARTS) is 1. The first-order valence-corrected chi connectivity index (χ1v) is 25.6. The van der Waals surface area contributed by atoms with Gasteiger partial charge in [0.15, 0.2) is 11.9 Å². The molecule has 8 amide bonds. The molecular weight excluding hydrogens is 987 g/mol. The number of carbonyl (C=O) groups is 9. The van der Waals surface area contributed by atoms with E-state index in [-0.39, 0.29) is 63.7 Å². The number of carbonyl (C=O) groups excluding carboxylic acids is 8. The van der Waals surface area contributed by atoms with Crippen LogP contribution in [0, 0.1) is 10.8 Å². The molecule has 76 heavy (non-hydrogen) atoms. The van der Waals surface area contributed by atoms with Gasteiger partial charge in [0.2, 0.25) is 47.3 Å². The molecule has 8 atom stereocenters. The molecule has 0 bridgehead atoms. The summed E-state index contributed by atoms with van der Waals surface area (Å²) in [6.45, 7) is -0.329. The molecule has 26 heteroatoms. The second-order valence-electron chi connectivity index (χ2n) is 19.1. The quantitative estimate of drug-likeness (QED) is 0.0234. The van der Waals surface area contributed by atoms with E-state index in [0.717, 1.165) is 0 Å². The van der Waals surface area contributed by atoms with Crippen LogP contribution in [0.15, 0.2) is 60.7 Å². The van der Waals surface area contributed by atoms with Crippen LogP contribution in [-0.2, 0) is 56.0 Å². The van der Waals surface area contributed by atoms with Crippen LogP contribution in [0.1, 0.15) is 75.3 Å². The van der Waals surface area contributed by atoms with E-state index < -0.39 is 115 Å². The van der Waals surface area contributed by atoms with Crippen LogP contribution < -0.4 is 54.4 Å². The average molecular weight is 1060 g/mol. The number of nitrogens with one attached hydrogen (secondary N) is 9. The third-order valence-corrected chi connectivity index (χ3v) is 13.5. The zero-order chi connectivity index (χ0) is 55.3. The zero-order valence-corrected chi connectivity index (χ0v) is 42.5. The maximum Gasteiger partial charge on any atom is 0.326 e. The minimum absolute atomic E-state index is 0.0179. The van der Waals surface area contributed by atoms with Gasteiger partial charge in [-0.1, -0.05) is 60.7 Å². The molecule has 0 aromatic heterocycles. The Bertz CT molecular complexity index is 2380. The number of carboxylic acids is 1. The lowest BCUT2D eigenvalue weighted by molar-refractivity contribution is -0.147. The number of rotatable bonds is 27. The Kier molecular flexibility index (Phi) is 22.7. The molecule has 0 spiro atoms. The maximum absolute atomic E-state index is 14.1. The van der Waals surface area contributed by atoms with Crippen LogP contribution in [0.5, 0.6) is 0 Å². The van der Waals surface area contributed by atoms with E-state index in [1.54, 1.807) is 60.7 Å². The van der Waals surface area contributed by atoms with Gasteiger partial charge in [-0.25, -0.2) is 4.79 Å². The number of amides is 8. The van der Waals surface area contributed by atoms with Crippen LogP contribution in [0.2, 0.25) is 0 Å². The van der Waals surface area contributed by atoms with Gasteiger partial charge >= 0.3 is 5.97 Å². The molecule has 3 aliphatic heterocycles. The summed E-state index contributed by atoms with van der Waals surface area (Å²) in [4.78, 5) is 127. The van der Waals surface area contributed by atoms with Crippen LogP contribution >= 0.6 is 0 Å². The molecule has 5 rings (SSSR count). The van der Waals surface area contributed by atoms with E-state index in [9.17, 15) is 53.4 Å². The number of hydrogen-bond acceptors (Lipinski definition) is 13. The molecule has 3 fully saturated rings. The van der Waals surface area contributed by atoms with Crippen LogP contribution in [0.3, 0.4) is 0 Å². The highest BCUT2D eigenvalue weighted by Gasteiger charge is 2.44. The molecule has 8 unspecified atom stereocenters. The number of aliphatic hydroxyl groups is 1. The largest absolute Gasteiger partial charge is 0.480 e. The van der Waals surface area contributed by atoms with Gasteiger partial charge in [0.1, 0.15) is 42.3 Å². The van der Waals surface area contributed by atoms with E-state index in [0.29, 0.717) is 69.2 Å². The third kappa shape index (κ3) is 17.4. The van der Waals surface area contributed by atoms with Gasteiger partial charge in [0.05, 0.1) is 19.2 Å². The summed E-state index contributed by atoms with van der Waals surface area (Å²) in [6.07, 6.45) is 3.14. The van der Waals surface area contributed by atoms with Gasteiger partial charge in [-0.3, -0.25) is 49.2 Å². The van der Waals surface area contributed by atoms with Crippen LogP contribution in [-0.4, -0.2) is 184 Å². The molecule has 2 aromatic carbocycles. The standard InChI is InChI=1S/C50H73N15O11/c51-32(16-7-21-56-49(52)53)45(72)65-25-11-20-39(65)47(74)64-24-9-18-37(64)43(70)58-28-40(67)59-34(26-30-12-3-1-4-13-30)41(68)62-36(29-66)46(73)63-23-10-19-38(63)44(71)61-35(27-31-14-5-2-6-15-31)42(69)60-33(48(75)76)17-8-22-57-50(54)55/h1-6,12-15,32-39,66H,7-11,16-29,51H2,(H,58,70)(H,59,67)(H,60,69)(H,61,71)(H,62,68)(H,75,76)(H4,52,53,56)(H4,54,55,57). The smallest absolute Gasteiger partial charge is 0.326 e. The summed E-state index contributed by atoms with van der Waals surface area (Å²) < 4.78 is 0. The lowest BCUT2D eigenvalue weighted by Crippen LogP contribution is -2.60. The van der Waals surface area contributed by atoms with E-state index in [1.165, 1.54) is 14.7 Å². The summed E-state index contributed by atoms with van der Waals surface area (Å²) in [5, 5.41) is 53.1. The number of hydrogen-bond donors (Lipinski definition) is 14. The van der Waals surface area contributed by atoms with Gasteiger partial charge in [-0.2, -0.15) is 0 Å². The number of benzene rings is 2. The molecule has 0 aliphatic carbocycles. The van der Waals surface area contributed by atoms with Crippen LogP contribution in [0.4, 0.5) is 0 Å². The molecule has 0 radical (unpaired) electrons. The van der Waals surface area contributed by atoms with Crippen LogP contribution in [0.25, 0.3) is 0 Å². The lowest BCUT2D eigenvalue weighted by atomic mass is 10.0. The highest BCUT2D eigenvalue weighted by molar-refractivity contribution is 5.98. The molecule has 3 aliphatic rings. The Labute approximate surface area is 440 Å². The predicted octanol–water partition coefficient (Wildman–Crippen LogP) is -3.57. The van der Waals surface area contributed by atoms with E-state index >= 15 is 0 Å². The predicted molar refractivity (Wildman–Crippen MR) is 276 cm³/mol. The zero-order valence-electron chi connectivity index (χ0n) is 42.5. The summed E-state index contributed by atoms with van der Waals surface area (Å²) in [6, 6.07) is 7.96. The highest BCUT2D eigenvalue weighted by Crippen LogP contribution is 2.26. The van der Waals surface area contributed by atoms with Crippen molar-refractivity contribution in [3.8, 4) is 0 Å². The van der Waals surface area contributed by atoms with Crippen molar-refractivity contribution >= 4 is 65.1 Å². The Morgan fingerprint density at radius 1 is 0.579 bits per heavy atom. The normalized spacial score (nSPS) is 19.0. The SMILES string of the molecule is N=C(N)NCCCC(N)C(=O)N1CCCC1C(=O)N1CCCC1C(=O)NCC(=O)NC(Cc1ccccc1)C(=O)NC(CO)C(=O)N1CCCC1C(=O)NC(Cc1ccccc1)C(=O)NC(CCCNC(=N)N)C(=O)O. The summed E-state index contributed by atoms with van der Waals surface area (Å²) in [7, 11) is 0. The summed E-state index contributed by atoms with van der Waals surface area (Å²) in [5.41, 5.74) is 18.1. The van der Waals surface area contributed by atoms with Gasteiger partial charge in [-0.15, -0.1) is 0 Å². The molecular formula is C50H73N15O11. The molecule has 3 heterocycles. The number of nitrogens with two attached hydrogens (primary N) is 3. The molecule has 26 nitrogen and oxygen atoms in total. The first kappa shape index (κ1) is 59.0. The Hall–Kier alpha value is -7.87. The lowest BCUT2D eigenvalue weighted by Gasteiger charge is -2.32. The number of aliphatic hydroxyl groups excluding tert-OH is 1. The molecule has 2 aromatic rings.